The fourth-order valence-corrected chi connectivity index (χ4v) is 3.69. The summed E-state index contributed by atoms with van der Waals surface area (Å²) in [6.45, 7) is -0.377. The number of amides is 2. The Labute approximate surface area is 130 Å². The van der Waals surface area contributed by atoms with Gasteiger partial charge >= 0.3 is 0 Å². The van der Waals surface area contributed by atoms with Crippen LogP contribution < -0.4 is 10.0 Å². The summed E-state index contributed by atoms with van der Waals surface area (Å²) in [5, 5.41) is 20.4. The topological polar surface area (TPSA) is 107 Å². The molecule has 3 aliphatic rings. The van der Waals surface area contributed by atoms with Crippen molar-refractivity contribution in [1.82, 2.24) is 0 Å². The van der Waals surface area contributed by atoms with Crippen LogP contribution >= 0.6 is 0 Å². The van der Waals surface area contributed by atoms with Gasteiger partial charge in [0.1, 0.15) is 5.60 Å². The summed E-state index contributed by atoms with van der Waals surface area (Å²) in [6, 6.07) is 5.35. The Hall–Kier alpha value is -2.51. The second-order valence-electron chi connectivity index (χ2n) is 5.90. The predicted molar refractivity (Wildman–Crippen MR) is 74.1 cm³/mol. The number of nitrogens with zero attached hydrogens (tertiary/aromatic N) is 1. The molecule has 0 aliphatic carbocycles. The second-order valence-corrected chi connectivity index (χ2v) is 5.90. The standard InChI is InChI=1S/C16H13NO6/c18-7-16-6-5-10(23-16)11-12(16)14(20)17(13(11)19)9-3-1-8(2-4-9)15(21)22/h1-6,10-12,18H,7H2,(H,21,22)/p-1/t10-,11+,12-,16+/m0/s1. The number of benzene rings is 1. The molecule has 2 bridgehead atoms. The van der Waals surface area contributed by atoms with Crippen LogP contribution in [0.15, 0.2) is 36.4 Å². The highest BCUT2D eigenvalue weighted by molar-refractivity contribution is 6.23. The molecule has 3 aliphatic heterocycles. The average molecular weight is 314 g/mol. The van der Waals surface area contributed by atoms with Gasteiger partial charge in [0.2, 0.25) is 11.8 Å². The molecule has 0 spiro atoms. The Balaban J connectivity index is 1.72. The highest BCUT2D eigenvalue weighted by Crippen LogP contribution is 2.52. The van der Waals surface area contributed by atoms with Crippen LogP contribution in [0.3, 0.4) is 0 Å². The van der Waals surface area contributed by atoms with Crippen LogP contribution in [-0.4, -0.2) is 41.2 Å². The Bertz CT molecular complexity index is 754. The fourth-order valence-electron chi connectivity index (χ4n) is 3.69. The Morgan fingerprint density at radius 2 is 1.96 bits per heavy atom. The van der Waals surface area contributed by atoms with Crippen molar-refractivity contribution < 1.29 is 29.3 Å². The molecular formula is C16H12NO6-. The van der Waals surface area contributed by atoms with E-state index in [9.17, 15) is 24.6 Å². The molecule has 23 heavy (non-hydrogen) atoms. The third kappa shape index (κ3) is 1.68. The number of hydrogen-bond acceptors (Lipinski definition) is 6. The van der Waals surface area contributed by atoms with Gasteiger partial charge in [-0.25, -0.2) is 4.90 Å². The first-order chi connectivity index (χ1) is 11.0. The van der Waals surface area contributed by atoms with E-state index in [0.29, 0.717) is 5.69 Å². The molecule has 0 radical (unpaired) electrons. The molecule has 1 aromatic rings. The average Bonchev–Trinajstić information content (AvgIpc) is 3.19. The second kappa shape index (κ2) is 4.50. The van der Waals surface area contributed by atoms with E-state index < -0.39 is 41.3 Å². The summed E-state index contributed by atoms with van der Waals surface area (Å²) in [5.74, 6) is -3.58. The smallest absolute Gasteiger partial charge is 0.241 e. The number of fused-ring (bicyclic) bond motifs is 5. The zero-order valence-corrected chi connectivity index (χ0v) is 11.8. The Kier molecular flexibility index (Phi) is 2.76. The summed E-state index contributed by atoms with van der Waals surface area (Å²) in [4.78, 5) is 37.2. The number of rotatable bonds is 3. The van der Waals surface area contributed by atoms with E-state index in [-0.39, 0.29) is 12.2 Å². The minimum Gasteiger partial charge on any atom is -0.545 e. The van der Waals surface area contributed by atoms with Gasteiger partial charge < -0.3 is 19.7 Å². The van der Waals surface area contributed by atoms with Gasteiger partial charge in [-0.3, -0.25) is 9.59 Å². The number of carbonyl (C=O) groups excluding carboxylic acids is 3. The largest absolute Gasteiger partial charge is 0.545 e. The lowest BCUT2D eigenvalue weighted by molar-refractivity contribution is -0.255. The minimum atomic E-state index is -1.33. The molecule has 118 valence electrons. The van der Waals surface area contributed by atoms with Crippen LogP contribution in [0.2, 0.25) is 0 Å². The summed E-state index contributed by atoms with van der Waals surface area (Å²) >= 11 is 0. The van der Waals surface area contributed by atoms with Gasteiger partial charge in [0, 0.05) is 0 Å². The number of aliphatic hydroxyl groups is 1. The maximum absolute atomic E-state index is 12.7. The fraction of sp³-hybridized carbons (Fsp3) is 0.312. The molecule has 2 saturated heterocycles. The first kappa shape index (κ1) is 14.1. The van der Waals surface area contributed by atoms with Crippen molar-refractivity contribution in [2.75, 3.05) is 11.5 Å². The van der Waals surface area contributed by atoms with Crippen molar-refractivity contribution in [3.63, 3.8) is 0 Å². The summed E-state index contributed by atoms with van der Waals surface area (Å²) in [6.07, 6.45) is 2.83. The van der Waals surface area contributed by atoms with Crippen molar-refractivity contribution in [3.05, 3.63) is 42.0 Å². The van der Waals surface area contributed by atoms with Crippen molar-refractivity contribution in [2.24, 2.45) is 11.8 Å². The number of anilines is 1. The monoisotopic (exact) mass is 314 g/mol. The number of hydrogen-bond donors (Lipinski definition) is 1. The molecule has 7 nitrogen and oxygen atoms in total. The van der Waals surface area contributed by atoms with Crippen molar-refractivity contribution in [2.45, 2.75) is 11.7 Å². The summed E-state index contributed by atoms with van der Waals surface area (Å²) < 4.78 is 5.64. The van der Waals surface area contributed by atoms with Crippen LogP contribution in [-0.2, 0) is 14.3 Å². The van der Waals surface area contributed by atoms with Gasteiger partial charge in [0.15, 0.2) is 0 Å². The number of carboxylic acid groups (broad SMARTS) is 1. The zero-order chi connectivity index (χ0) is 16.4. The van der Waals surface area contributed by atoms with E-state index in [0.717, 1.165) is 4.90 Å². The minimum absolute atomic E-state index is 0.0371. The third-order valence-electron chi connectivity index (χ3n) is 4.76. The lowest BCUT2D eigenvalue weighted by Gasteiger charge is -2.26. The van der Waals surface area contributed by atoms with Gasteiger partial charge in [0.05, 0.1) is 36.2 Å². The number of carbonyl (C=O) groups is 3. The normalized spacial score (nSPS) is 34.3. The van der Waals surface area contributed by atoms with Gasteiger partial charge in [0.25, 0.3) is 0 Å². The molecule has 0 unspecified atom stereocenters. The van der Waals surface area contributed by atoms with Crippen LogP contribution in [0.4, 0.5) is 5.69 Å². The predicted octanol–water partition coefficient (Wildman–Crippen LogP) is -1.14. The number of imide groups is 1. The number of ether oxygens (including phenoxy) is 1. The zero-order valence-electron chi connectivity index (χ0n) is 11.8. The molecule has 7 heteroatoms. The third-order valence-corrected chi connectivity index (χ3v) is 4.76. The maximum Gasteiger partial charge on any atom is 0.241 e. The van der Waals surface area contributed by atoms with E-state index in [1.54, 1.807) is 12.2 Å². The molecule has 4 atom stereocenters. The maximum atomic E-state index is 12.7. The van der Waals surface area contributed by atoms with E-state index in [1.165, 1.54) is 24.3 Å². The van der Waals surface area contributed by atoms with E-state index >= 15 is 0 Å². The van der Waals surface area contributed by atoms with Gasteiger partial charge in [-0.1, -0.05) is 24.3 Å². The van der Waals surface area contributed by atoms with Crippen LogP contribution in [0, 0.1) is 11.8 Å². The van der Waals surface area contributed by atoms with Crippen molar-refractivity contribution in [1.29, 1.82) is 0 Å². The Morgan fingerprint density at radius 3 is 2.57 bits per heavy atom. The quantitative estimate of drug-likeness (QED) is 0.558. The molecule has 2 amide bonds. The van der Waals surface area contributed by atoms with Crippen molar-refractivity contribution >= 4 is 23.5 Å². The summed E-state index contributed by atoms with van der Waals surface area (Å²) in [5.41, 5.74) is -0.876. The van der Waals surface area contributed by atoms with Crippen LogP contribution in [0.25, 0.3) is 0 Å². The molecule has 1 aromatic carbocycles. The number of aliphatic hydroxyl groups excluding tert-OH is 1. The van der Waals surface area contributed by atoms with Crippen LogP contribution in [0.1, 0.15) is 10.4 Å². The molecule has 3 heterocycles. The van der Waals surface area contributed by atoms with E-state index in [2.05, 4.69) is 0 Å². The molecule has 0 aromatic heterocycles. The molecule has 0 saturated carbocycles. The molecule has 1 N–H and O–H groups in total. The highest BCUT2D eigenvalue weighted by Gasteiger charge is 2.67. The number of carboxylic acids is 1. The molecule has 2 fully saturated rings. The van der Waals surface area contributed by atoms with Gasteiger partial charge in [-0.15, -0.1) is 0 Å². The van der Waals surface area contributed by atoms with E-state index in [1.807, 2.05) is 0 Å². The van der Waals surface area contributed by atoms with Crippen LogP contribution in [0.5, 0.6) is 0 Å². The van der Waals surface area contributed by atoms with E-state index in [4.69, 9.17) is 4.74 Å². The first-order valence-corrected chi connectivity index (χ1v) is 7.16. The lowest BCUT2D eigenvalue weighted by Crippen LogP contribution is -2.43. The SMILES string of the molecule is O=C([O-])c1ccc(N2C(=O)[C@@H]3[C@@H]4C=C[C@](CO)(O4)[C@@H]3C2=O)cc1. The molecule has 4 rings (SSSR count). The Morgan fingerprint density at radius 1 is 1.26 bits per heavy atom. The van der Waals surface area contributed by atoms with Gasteiger partial charge in [-0.05, 0) is 17.7 Å². The highest BCUT2D eigenvalue weighted by atomic mass is 16.5. The number of aromatic carboxylic acids is 1. The van der Waals surface area contributed by atoms with Crippen molar-refractivity contribution in [3.8, 4) is 0 Å². The van der Waals surface area contributed by atoms with Gasteiger partial charge in [-0.2, -0.15) is 0 Å². The first-order valence-electron chi connectivity index (χ1n) is 7.16. The summed E-state index contributed by atoms with van der Waals surface area (Å²) in [7, 11) is 0. The molecular weight excluding hydrogens is 302 g/mol. The lowest BCUT2D eigenvalue weighted by atomic mass is 9.77.